The third-order valence-corrected chi connectivity index (χ3v) is 1.49. The van der Waals surface area contributed by atoms with E-state index in [1.165, 1.54) is 0 Å². The van der Waals surface area contributed by atoms with Gasteiger partial charge in [0.05, 0.1) is 5.69 Å². The van der Waals surface area contributed by atoms with Crippen LogP contribution in [0.4, 0.5) is 0 Å². The number of rotatable bonds is 4. The van der Waals surface area contributed by atoms with Crippen LogP contribution in [0.15, 0.2) is 16.7 Å². The number of aromatic nitrogens is 1. The van der Waals surface area contributed by atoms with Crippen LogP contribution < -0.4 is 5.32 Å². The molecule has 0 aliphatic carbocycles. The standard InChI is InChI=1S/C9H14N2O/c1-8-7-9(12-11-8)5-3-4-6-10-2/h3,5,7,10H,4,6H2,1-2H3. The van der Waals surface area contributed by atoms with Gasteiger partial charge < -0.3 is 9.84 Å². The second-order valence-electron chi connectivity index (χ2n) is 2.67. The minimum Gasteiger partial charge on any atom is -0.357 e. The van der Waals surface area contributed by atoms with Crippen molar-refractivity contribution >= 4 is 6.08 Å². The molecule has 0 saturated heterocycles. The van der Waals surface area contributed by atoms with Crippen molar-refractivity contribution in [1.29, 1.82) is 0 Å². The van der Waals surface area contributed by atoms with Crippen LogP contribution in [-0.4, -0.2) is 18.7 Å². The lowest BCUT2D eigenvalue weighted by Crippen LogP contribution is -2.05. The van der Waals surface area contributed by atoms with Crippen LogP contribution in [0, 0.1) is 6.92 Å². The molecule has 1 heterocycles. The molecule has 0 aliphatic rings. The molecule has 66 valence electrons. The zero-order chi connectivity index (χ0) is 8.81. The Labute approximate surface area is 72.4 Å². The van der Waals surface area contributed by atoms with Gasteiger partial charge in [-0.3, -0.25) is 0 Å². The minimum absolute atomic E-state index is 0.823. The van der Waals surface area contributed by atoms with Crippen molar-refractivity contribution < 1.29 is 4.52 Å². The Morgan fingerprint density at radius 3 is 3.08 bits per heavy atom. The SMILES string of the molecule is CNCCC=Cc1cc(C)no1. The fourth-order valence-corrected chi connectivity index (χ4v) is 0.889. The Morgan fingerprint density at radius 1 is 1.67 bits per heavy atom. The first-order chi connectivity index (χ1) is 5.83. The van der Waals surface area contributed by atoms with Gasteiger partial charge in [-0.1, -0.05) is 11.2 Å². The van der Waals surface area contributed by atoms with Gasteiger partial charge in [-0.25, -0.2) is 0 Å². The van der Waals surface area contributed by atoms with E-state index in [1.54, 1.807) is 0 Å². The smallest absolute Gasteiger partial charge is 0.159 e. The monoisotopic (exact) mass is 166 g/mol. The van der Waals surface area contributed by atoms with Crippen LogP contribution in [0.1, 0.15) is 17.9 Å². The number of aryl methyl sites for hydroxylation is 1. The molecule has 0 atom stereocenters. The zero-order valence-corrected chi connectivity index (χ0v) is 7.50. The quantitative estimate of drug-likeness (QED) is 0.690. The van der Waals surface area contributed by atoms with Crippen LogP contribution in [0.3, 0.4) is 0 Å². The number of hydrogen-bond acceptors (Lipinski definition) is 3. The van der Waals surface area contributed by atoms with Crippen LogP contribution in [0.25, 0.3) is 6.08 Å². The van der Waals surface area contributed by atoms with E-state index in [-0.39, 0.29) is 0 Å². The van der Waals surface area contributed by atoms with Crippen molar-refractivity contribution in [2.75, 3.05) is 13.6 Å². The van der Waals surface area contributed by atoms with E-state index >= 15 is 0 Å². The lowest BCUT2D eigenvalue weighted by atomic mass is 10.3. The Balaban J connectivity index is 2.36. The first-order valence-electron chi connectivity index (χ1n) is 4.07. The average molecular weight is 166 g/mol. The van der Waals surface area contributed by atoms with Crippen molar-refractivity contribution in [1.82, 2.24) is 10.5 Å². The van der Waals surface area contributed by atoms with E-state index in [1.807, 2.05) is 26.1 Å². The predicted molar refractivity (Wildman–Crippen MR) is 48.8 cm³/mol. The Bertz CT molecular complexity index is 253. The van der Waals surface area contributed by atoms with Gasteiger partial charge in [0.25, 0.3) is 0 Å². The van der Waals surface area contributed by atoms with Crippen molar-refractivity contribution in [3.63, 3.8) is 0 Å². The molecule has 0 radical (unpaired) electrons. The lowest BCUT2D eigenvalue weighted by Gasteiger charge is -1.89. The summed E-state index contributed by atoms with van der Waals surface area (Å²) >= 11 is 0. The van der Waals surface area contributed by atoms with Gasteiger partial charge in [0, 0.05) is 6.07 Å². The maximum atomic E-state index is 4.99. The Morgan fingerprint density at radius 2 is 2.50 bits per heavy atom. The molecule has 1 aromatic rings. The molecule has 1 rings (SSSR count). The van der Waals surface area contributed by atoms with Crippen molar-refractivity contribution in [2.45, 2.75) is 13.3 Å². The van der Waals surface area contributed by atoms with Gasteiger partial charge in [0.2, 0.25) is 0 Å². The lowest BCUT2D eigenvalue weighted by molar-refractivity contribution is 0.408. The summed E-state index contributed by atoms with van der Waals surface area (Å²) in [6, 6.07) is 1.91. The van der Waals surface area contributed by atoms with Gasteiger partial charge in [-0.15, -0.1) is 0 Å². The average Bonchev–Trinajstić information content (AvgIpc) is 2.45. The van der Waals surface area contributed by atoms with Gasteiger partial charge in [0.15, 0.2) is 5.76 Å². The van der Waals surface area contributed by atoms with E-state index in [0.717, 1.165) is 24.4 Å². The van der Waals surface area contributed by atoms with Gasteiger partial charge in [-0.05, 0) is 33.0 Å². The summed E-state index contributed by atoms with van der Waals surface area (Å²) in [6.45, 7) is 2.90. The highest BCUT2D eigenvalue weighted by atomic mass is 16.5. The summed E-state index contributed by atoms with van der Waals surface area (Å²) in [7, 11) is 1.94. The second kappa shape index (κ2) is 4.72. The maximum Gasteiger partial charge on any atom is 0.159 e. The third kappa shape index (κ3) is 2.88. The highest BCUT2D eigenvalue weighted by molar-refractivity contribution is 5.42. The normalized spacial score (nSPS) is 11.2. The molecular formula is C9H14N2O. The Hall–Kier alpha value is -1.09. The van der Waals surface area contributed by atoms with E-state index in [0.29, 0.717) is 0 Å². The molecule has 0 saturated carbocycles. The third-order valence-electron chi connectivity index (χ3n) is 1.49. The largest absolute Gasteiger partial charge is 0.357 e. The molecule has 1 aromatic heterocycles. The van der Waals surface area contributed by atoms with Crippen LogP contribution in [-0.2, 0) is 0 Å². The highest BCUT2D eigenvalue weighted by Gasteiger charge is 1.93. The summed E-state index contributed by atoms with van der Waals surface area (Å²) in [5.74, 6) is 0.823. The van der Waals surface area contributed by atoms with Crippen LogP contribution in [0.5, 0.6) is 0 Å². The molecule has 0 unspecified atom stereocenters. The summed E-state index contributed by atoms with van der Waals surface area (Å²) < 4.78 is 4.99. The molecule has 0 fully saturated rings. The number of nitrogens with zero attached hydrogens (tertiary/aromatic N) is 1. The van der Waals surface area contributed by atoms with Gasteiger partial charge in [-0.2, -0.15) is 0 Å². The molecule has 12 heavy (non-hydrogen) atoms. The van der Waals surface area contributed by atoms with Gasteiger partial charge in [0.1, 0.15) is 0 Å². The molecule has 0 bridgehead atoms. The van der Waals surface area contributed by atoms with Crippen LogP contribution in [0.2, 0.25) is 0 Å². The highest BCUT2D eigenvalue weighted by Crippen LogP contribution is 2.04. The topological polar surface area (TPSA) is 38.1 Å². The molecule has 1 N–H and O–H groups in total. The Kier molecular flexibility index (Phi) is 3.54. The summed E-state index contributed by atoms with van der Waals surface area (Å²) in [6.07, 6.45) is 5.02. The van der Waals surface area contributed by atoms with E-state index < -0.39 is 0 Å². The molecule has 0 amide bonds. The minimum atomic E-state index is 0.823. The fraction of sp³-hybridized carbons (Fsp3) is 0.444. The molecule has 0 spiro atoms. The van der Waals surface area contributed by atoms with Crippen molar-refractivity contribution in [3.05, 3.63) is 23.6 Å². The molecular weight excluding hydrogens is 152 g/mol. The first kappa shape index (κ1) is 9.00. The summed E-state index contributed by atoms with van der Waals surface area (Å²) in [4.78, 5) is 0. The summed E-state index contributed by atoms with van der Waals surface area (Å²) in [5.41, 5.74) is 0.920. The van der Waals surface area contributed by atoms with Crippen molar-refractivity contribution in [2.24, 2.45) is 0 Å². The number of nitrogens with one attached hydrogen (secondary N) is 1. The van der Waals surface area contributed by atoms with E-state index in [2.05, 4.69) is 16.5 Å². The maximum absolute atomic E-state index is 4.99. The van der Waals surface area contributed by atoms with Crippen molar-refractivity contribution in [3.8, 4) is 0 Å². The van der Waals surface area contributed by atoms with E-state index in [4.69, 9.17) is 4.52 Å². The van der Waals surface area contributed by atoms with Gasteiger partial charge >= 0.3 is 0 Å². The first-order valence-corrected chi connectivity index (χ1v) is 4.07. The summed E-state index contributed by atoms with van der Waals surface area (Å²) in [5, 5.41) is 6.84. The van der Waals surface area contributed by atoms with Crippen LogP contribution >= 0.6 is 0 Å². The fourth-order valence-electron chi connectivity index (χ4n) is 0.889. The number of hydrogen-bond donors (Lipinski definition) is 1. The predicted octanol–water partition coefficient (Wildman–Crippen LogP) is 1.61. The second-order valence-corrected chi connectivity index (χ2v) is 2.67. The van der Waals surface area contributed by atoms with E-state index in [9.17, 15) is 0 Å². The molecule has 3 nitrogen and oxygen atoms in total. The molecule has 0 aliphatic heterocycles. The molecule has 3 heteroatoms. The molecule has 0 aromatic carbocycles. The zero-order valence-electron chi connectivity index (χ0n) is 7.50.